The van der Waals surface area contributed by atoms with Crippen LogP contribution in [-0.2, 0) is 11.3 Å². The number of nitrogens with zero attached hydrogens (tertiary/aromatic N) is 1. The molecule has 0 amide bonds. The molecule has 0 bridgehead atoms. The van der Waals surface area contributed by atoms with Gasteiger partial charge in [-0.2, -0.15) is 0 Å². The van der Waals surface area contributed by atoms with Gasteiger partial charge < -0.3 is 19.9 Å². The zero-order valence-corrected chi connectivity index (χ0v) is 17.9. The highest BCUT2D eigenvalue weighted by molar-refractivity contribution is 7.80. The summed E-state index contributed by atoms with van der Waals surface area (Å²) in [5, 5.41) is 6.39. The van der Waals surface area contributed by atoms with Gasteiger partial charge in [-0.3, -0.25) is 0 Å². The molecule has 1 aromatic heterocycles. The SMILES string of the molecule is Cc1ccc(NC(=S)N(CCC[NH+]2CCOCC2)Cc2cccs2)cc1C. The van der Waals surface area contributed by atoms with Crippen molar-refractivity contribution in [3.63, 3.8) is 0 Å². The van der Waals surface area contributed by atoms with Gasteiger partial charge in [-0.05, 0) is 60.8 Å². The first-order valence-corrected chi connectivity index (χ1v) is 11.0. The Morgan fingerprint density at radius 3 is 2.74 bits per heavy atom. The number of morpholine rings is 1. The quantitative estimate of drug-likeness (QED) is 0.695. The number of thiocarbonyl (C=S) groups is 1. The molecule has 0 saturated carbocycles. The van der Waals surface area contributed by atoms with Gasteiger partial charge in [0.1, 0.15) is 13.1 Å². The molecule has 0 atom stereocenters. The van der Waals surface area contributed by atoms with E-state index >= 15 is 0 Å². The average molecular weight is 405 g/mol. The van der Waals surface area contributed by atoms with E-state index in [-0.39, 0.29) is 0 Å². The monoisotopic (exact) mass is 404 g/mol. The van der Waals surface area contributed by atoms with Gasteiger partial charge in [0.25, 0.3) is 0 Å². The maximum absolute atomic E-state index is 5.77. The lowest BCUT2D eigenvalue weighted by atomic mass is 10.1. The first-order chi connectivity index (χ1) is 13.1. The fourth-order valence-corrected chi connectivity index (χ4v) is 4.29. The van der Waals surface area contributed by atoms with Crippen molar-refractivity contribution in [1.82, 2.24) is 4.90 Å². The van der Waals surface area contributed by atoms with Crippen molar-refractivity contribution in [1.29, 1.82) is 0 Å². The third-order valence-corrected chi connectivity index (χ3v) is 6.35. The molecule has 1 aliphatic rings. The van der Waals surface area contributed by atoms with Crippen molar-refractivity contribution in [2.75, 3.05) is 44.7 Å². The molecule has 27 heavy (non-hydrogen) atoms. The summed E-state index contributed by atoms with van der Waals surface area (Å²) in [5.41, 5.74) is 3.65. The molecule has 2 aromatic rings. The fourth-order valence-electron chi connectivity index (χ4n) is 3.29. The van der Waals surface area contributed by atoms with Crippen molar-refractivity contribution >= 4 is 34.4 Å². The maximum atomic E-state index is 5.77. The summed E-state index contributed by atoms with van der Waals surface area (Å²) in [6, 6.07) is 10.7. The number of hydrogen-bond donors (Lipinski definition) is 2. The minimum atomic E-state index is 0.809. The van der Waals surface area contributed by atoms with Crippen molar-refractivity contribution in [3.05, 3.63) is 51.7 Å². The number of thiophene rings is 1. The molecule has 1 aromatic carbocycles. The Morgan fingerprint density at radius 1 is 1.22 bits per heavy atom. The molecule has 2 N–H and O–H groups in total. The smallest absolute Gasteiger partial charge is 0.173 e. The Kier molecular flexibility index (Phi) is 7.64. The minimum Gasteiger partial charge on any atom is -0.370 e. The second-order valence-corrected chi connectivity index (χ2v) is 8.61. The lowest BCUT2D eigenvalue weighted by Crippen LogP contribution is -3.14. The molecule has 2 heterocycles. The van der Waals surface area contributed by atoms with Crippen LogP contribution >= 0.6 is 23.6 Å². The summed E-state index contributed by atoms with van der Waals surface area (Å²) >= 11 is 7.56. The lowest BCUT2D eigenvalue weighted by Gasteiger charge is -2.28. The van der Waals surface area contributed by atoms with Gasteiger partial charge in [-0.15, -0.1) is 11.3 Å². The van der Waals surface area contributed by atoms with E-state index in [0.717, 1.165) is 56.6 Å². The number of quaternary nitrogens is 1. The Balaban J connectivity index is 1.59. The molecular weight excluding hydrogens is 374 g/mol. The van der Waals surface area contributed by atoms with Gasteiger partial charge in [-0.1, -0.05) is 12.1 Å². The highest BCUT2D eigenvalue weighted by Gasteiger charge is 2.16. The number of hydrogen-bond acceptors (Lipinski definition) is 3. The van der Waals surface area contributed by atoms with E-state index < -0.39 is 0 Å². The molecule has 146 valence electrons. The summed E-state index contributed by atoms with van der Waals surface area (Å²) in [4.78, 5) is 5.29. The second-order valence-electron chi connectivity index (χ2n) is 7.20. The molecule has 1 fully saturated rings. The molecule has 0 unspecified atom stereocenters. The molecule has 0 radical (unpaired) electrons. The zero-order chi connectivity index (χ0) is 19.1. The van der Waals surface area contributed by atoms with E-state index in [2.05, 4.69) is 59.8 Å². The van der Waals surface area contributed by atoms with Crippen molar-refractivity contribution in [2.45, 2.75) is 26.8 Å². The number of benzene rings is 1. The van der Waals surface area contributed by atoms with Crippen LogP contribution < -0.4 is 10.2 Å². The molecule has 1 aliphatic heterocycles. The van der Waals surface area contributed by atoms with Gasteiger partial charge in [0, 0.05) is 23.5 Å². The van der Waals surface area contributed by atoms with Crippen LogP contribution in [0, 0.1) is 13.8 Å². The van der Waals surface area contributed by atoms with Crippen molar-refractivity contribution in [2.24, 2.45) is 0 Å². The van der Waals surface area contributed by atoms with E-state index in [1.54, 1.807) is 16.2 Å². The van der Waals surface area contributed by atoms with E-state index in [9.17, 15) is 0 Å². The van der Waals surface area contributed by atoms with E-state index in [4.69, 9.17) is 17.0 Å². The first-order valence-electron chi connectivity index (χ1n) is 9.68. The normalized spacial score (nSPS) is 14.9. The molecule has 4 nitrogen and oxygen atoms in total. The largest absolute Gasteiger partial charge is 0.370 e. The Labute approximate surface area is 172 Å². The summed E-state index contributed by atoms with van der Waals surface area (Å²) in [7, 11) is 0. The van der Waals surface area contributed by atoms with E-state index in [0.29, 0.717) is 0 Å². The van der Waals surface area contributed by atoms with Crippen LogP contribution in [0.3, 0.4) is 0 Å². The van der Waals surface area contributed by atoms with Crippen LogP contribution in [0.4, 0.5) is 5.69 Å². The van der Waals surface area contributed by atoms with Gasteiger partial charge in [0.05, 0.1) is 26.3 Å². The standard InChI is InChI=1S/C21H29N3OS2/c1-17-6-7-19(15-18(17)2)22-21(26)24(16-20-5-3-14-27-20)9-4-8-23-10-12-25-13-11-23/h3,5-7,14-15H,4,8-13,16H2,1-2H3,(H,22,26)/p+1. The van der Waals surface area contributed by atoms with Gasteiger partial charge in [-0.25, -0.2) is 0 Å². The maximum Gasteiger partial charge on any atom is 0.173 e. The van der Waals surface area contributed by atoms with E-state index in [1.807, 2.05) is 0 Å². The third kappa shape index (κ3) is 6.28. The van der Waals surface area contributed by atoms with Crippen molar-refractivity contribution < 1.29 is 9.64 Å². The van der Waals surface area contributed by atoms with Crippen LogP contribution in [0.15, 0.2) is 35.7 Å². The van der Waals surface area contributed by atoms with Crippen LogP contribution in [0.5, 0.6) is 0 Å². The van der Waals surface area contributed by atoms with Crippen LogP contribution in [0.1, 0.15) is 22.4 Å². The van der Waals surface area contributed by atoms with Gasteiger partial charge in [0.2, 0.25) is 0 Å². The Bertz CT molecular complexity index is 727. The number of rotatable bonds is 7. The Hall–Kier alpha value is -1.47. The fraction of sp³-hybridized carbons (Fsp3) is 0.476. The van der Waals surface area contributed by atoms with Gasteiger partial charge >= 0.3 is 0 Å². The number of aryl methyl sites for hydroxylation is 2. The summed E-state index contributed by atoms with van der Waals surface area (Å²) in [6.07, 6.45) is 1.13. The second kappa shape index (κ2) is 10.2. The molecular formula is C21H30N3OS2+. The first kappa shape index (κ1) is 20.3. The molecule has 1 saturated heterocycles. The van der Waals surface area contributed by atoms with Crippen LogP contribution in [0.25, 0.3) is 0 Å². The molecule has 3 rings (SSSR count). The number of nitrogens with one attached hydrogen (secondary N) is 2. The van der Waals surface area contributed by atoms with Gasteiger partial charge in [0.15, 0.2) is 5.11 Å². The third-order valence-electron chi connectivity index (χ3n) is 5.13. The molecule has 6 heteroatoms. The summed E-state index contributed by atoms with van der Waals surface area (Å²) < 4.78 is 5.46. The van der Waals surface area contributed by atoms with Crippen LogP contribution in [0.2, 0.25) is 0 Å². The average Bonchev–Trinajstić information content (AvgIpc) is 3.18. The minimum absolute atomic E-state index is 0.809. The highest BCUT2D eigenvalue weighted by atomic mass is 32.1. The van der Waals surface area contributed by atoms with Crippen molar-refractivity contribution in [3.8, 4) is 0 Å². The molecule has 0 spiro atoms. The summed E-state index contributed by atoms with van der Waals surface area (Å²) in [6.45, 7) is 11.3. The Morgan fingerprint density at radius 2 is 2.04 bits per heavy atom. The molecule has 0 aliphatic carbocycles. The predicted molar refractivity (Wildman–Crippen MR) is 118 cm³/mol. The number of anilines is 1. The highest BCUT2D eigenvalue weighted by Crippen LogP contribution is 2.17. The topological polar surface area (TPSA) is 28.9 Å². The predicted octanol–water partition coefficient (Wildman–Crippen LogP) is 2.87. The van der Waals surface area contributed by atoms with Crippen LogP contribution in [-0.4, -0.2) is 49.4 Å². The number of ether oxygens (including phenoxy) is 1. The summed E-state index contributed by atoms with van der Waals surface area (Å²) in [5.74, 6) is 0. The zero-order valence-electron chi connectivity index (χ0n) is 16.3. The van der Waals surface area contributed by atoms with E-state index in [1.165, 1.54) is 22.5 Å². The lowest BCUT2D eigenvalue weighted by molar-refractivity contribution is -0.908.